The van der Waals surface area contributed by atoms with Crippen molar-refractivity contribution in [1.29, 1.82) is 0 Å². The number of aryl methyl sites for hydroxylation is 2. The third kappa shape index (κ3) is 2.84. The quantitative estimate of drug-likeness (QED) is 0.744. The van der Waals surface area contributed by atoms with Gasteiger partial charge in [0.05, 0.1) is 18.1 Å². The van der Waals surface area contributed by atoms with Crippen LogP contribution in [0.3, 0.4) is 0 Å². The van der Waals surface area contributed by atoms with Crippen molar-refractivity contribution in [3.05, 3.63) is 41.6 Å². The van der Waals surface area contributed by atoms with Crippen LogP contribution in [0.5, 0.6) is 0 Å². The number of rotatable bonds is 4. The van der Waals surface area contributed by atoms with Crippen molar-refractivity contribution in [2.45, 2.75) is 33.2 Å². The molecule has 9 nitrogen and oxygen atoms in total. The first-order valence-electron chi connectivity index (χ1n) is 7.62. The molecular weight excluding hydrogens is 324 g/mol. The summed E-state index contributed by atoms with van der Waals surface area (Å²) in [6.07, 6.45) is 4.33. The number of aliphatic carboxylic acids is 1. The van der Waals surface area contributed by atoms with E-state index in [2.05, 4.69) is 20.5 Å². The van der Waals surface area contributed by atoms with Gasteiger partial charge in [0.1, 0.15) is 5.56 Å². The van der Waals surface area contributed by atoms with Crippen LogP contribution in [0.15, 0.2) is 24.7 Å². The van der Waals surface area contributed by atoms with E-state index in [1.807, 2.05) is 19.9 Å². The van der Waals surface area contributed by atoms with Gasteiger partial charge in [-0.3, -0.25) is 9.48 Å². The van der Waals surface area contributed by atoms with Crippen molar-refractivity contribution in [3.63, 3.8) is 0 Å². The predicted molar refractivity (Wildman–Crippen MR) is 89.6 cm³/mol. The molecule has 0 saturated heterocycles. The van der Waals surface area contributed by atoms with Gasteiger partial charge >= 0.3 is 5.97 Å². The molecule has 3 aromatic heterocycles. The fourth-order valence-electron chi connectivity index (χ4n) is 2.42. The van der Waals surface area contributed by atoms with Crippen molar-refractivity contribution >= 4 is 23.2 Å². The van der Waals surface area contributed by atoms with Gasteiger partial charge in [0.15, 0.2) is 11.2 Å². The monoisotopic (exact) mass is 342 g/mol. The minimum absolute atomic E-state index is 0.331. The van der Waals surface area contributed by atoms with Crippen LogP contribution in [-0.4, -0.2) is 41.4 Å². The number of carboxylic acid groups (broad SMARTS) is 1. The van der Waals surface area contributed by atoms with Gasteiger partial charge in [-0.25, -0.2) is 14.3 Å². The first kappa shape index (κ1) is 16.6. The number of amides is 1. The highest BCUT2D eigenvalue weighted by molar-refractivity contribution is 6.08. The normalized spacial score (nSPS) is 11.7. The van der Waals surface area contributed by atoms with E-state index < -0.39 is 11.5 Å². The zero-order valence-electron chi connectivity index (χ0n) is 14.3. The second-order valence-electron chi connectivity index (χ2n) is 6.32. The summed E-state index contributed by atoms with van der Waals surface area (Å²) in [4.78, 5) is 28.2. The molecular formula is C16H18N6O3. The van der Waals surface area contributed by atoms with Crippen LogP contribution in [0.1, 0.15) is 35.6 Å². The highest BCUT2D eigenvalue weighted by Gasteiger charge is 2.30. The number of fused-ring (bicyclic) bond motifs is 1. The molecule has 3 rings (SSSR count). The number of nitrogens with zero attached hydrogens (tertiary/aromatic N) is 5. The molecule has 0 saturated carbocycles. The van der Waals surface area contributed by atoms with Gasteiger partial charge in [-0.05, 0) is 33.8 Å². The molecule has 0 atom stereocenters. The van der Waals surface area contributed by atoms with Gasteiger partial charge in [-0.2, -0.15) is 10.2 Å². The lowest BCUT2D eigenvalue weighted by molar-refractivity contribution is -0.146. The lowest BCUT2D eigenvalue weighted by atomic mass is 10.1. The Kier molecular flexibility index (Phi) is 3.78. The fourth-order valence-corrected chi connectivity index (χ4v) is 2.42. The van der Waals surface area contributed by atoms with Gasteiger partial charge in [0.25, 0.3) is 5.91 Å². The zero-order chi connectivity index (χ0) is 18.4. The lowest BCUT2D eigenvalue weighted by Crippen LogP contribution is -2.35. The molecule has 0 aliphatic heterocycles. The Morgan fingerprint density at radius 2 is 1.92 bits per heavy atom. The van der Waals surface area contributed by atoms with Crippen molar-refractivity contribution in [2.75, 3.05) is 5.32 Å². The van der Waals surface area contributed by atoms with Gasteiger partial charge < -0.3 is 10.4 Å². The van der Waals surface area contributed by atoms with Crippen molar-refractivity contribution in [1.82, 2.24) is 24.4 Å². The van der Waals surface area contributed by atoms with Crippen LogP contribution in [0.25, 0.3) is 5.65 Å². The first-order chi connectivity index (χ1) is 11.7. The maximum atomic E-state index is 12.5. The molecule has 3 heterocycles. The van der Waals surface area contributed by atoms with Crippen molar-refractivity contribution in [3.8, 4) is 0 Å². The number of carbonyl (C=O) groups is 2. The van der Waals surface area contributed by atoms with E-state index in [4.69, 9.17) is 0 Å². The molecule has 130 valence electrons. The predicted octanol–water partition coefficient (Wildman–Crippen LogP) is 1.61. The lowest BCUT2D eigenvalue weighted by Gasteiger charge is -2.19. The summed E-state index contributed by atoms with van der Waals surface area (Å²) in [5.41, 5.74) is 1.63. The number of hydrogen-bond donors (Lipinski definition) is 2. The molecule has 25 heavy (non-hydrogen) atoms. The molecule has 0 unspecified atom stereocenters. The largest absolute Gasteiger partial charge is 0.479 e. The SMILES string of the molecule is Cc1cc(C)n2ncc(C(=O)Nc3cnn(C(C)(C)C(=O)O)c3)c2n1. The second kappa shape index (κ2) is 5.69. The number of nitrogens with one attached hydrogen (secondary N) is 1. The Labute approximate surface area is 143 Å². The Morgan fingerprint density at radius 1 is 1.20 bits per heavy atom. The van der Waals surface area contributed by atoms with E-state index in [1.165, 1.54) is 37.1 Å². The smallest absolute Gasteiger partial charge is 0.331 e. The topological polar surface area (TPSA) is 114 Å². The van der Waals surface area contributed by atoms with E-state index in [-0.39, 0.29) is 5.91 Å². The van der Waals surface area contributed by atoms with Crippen molar-refractivity contribution < 1.29 is 14.7 Å². The molecule has 0 radical (unpaired) electrons. The number of carbonyl (C=O) groups excluding carboxylic acids is 1. The van der Waals surface area contributed by atoms with Gasteiger partial charge in [-0.1, -0.05) is 0 Å². The number of hydrogen-bond acceptors (Lipinski definition) is 5. The molecule has 0 aliphatic rings. The maximum absolute atomic E-state index is 12.5. The van der Waals surface area contributed by atoms with Crippen LogP contribution in [0, 0.1) is 13.8 Å². The molecule has 1 amide bonds. The molecule has 0 aromatic carbocycles. The zero-order valence-corrected chi connectivity index (χ0v) is 14.3. The summed E-state index contributed by atoms with van der Waals surface area (Å²) in [6, 6.07) is 1.87. The van der Waals surface area contributed by atoms with Gasteiger partial charge in [-0.15, -0.1) is 0 Å². The van der Waals surface area contributed by atoms with Crippen LogP contribution >= 0.6 is 0 Å². The highest BCUT2D eigenvalue weighted by Crippen LogP contribution is 2.19. The van der Waals surface area contributed by atoms with E-state index >= 15 is 0 Å². The Bertz CT molecular complexity index is 985. The summed E-state index contributed by atoms with van der Waals surface area (Å²) < 4.78 is 2.88. The number of carboxylic acids is 1. The minimum atomic E-state index is -1.22. The molecule has 0 fully saturated rings. The second-order valence-corrected chi connectivity index (χ2v) is 6.32. The van der Waals surface area contributed by atoms with Gasteiger partial charge in [0, 0.05) is 17.6 Å². The highest BCUT2D eigenvalue weighted by atomic mass is 16.4. The summed E-state index contributed by atoms with van der Waals surface area (Å²) in [7, 11) is 0. The Morgan fingerprint density at radius 3 is 2.60 bits per heavy atom. The van der Waals surface area contributed by atoms with E-state index in [1.54, 1.807) is 4.52 Å². The van der Waals surface area contributed by atoms with Crippen LogP contribution in [0.4, 0.5) is 5.69 Å². The van der Waals surface area contributed by atoms with Crippen LogP contribution in [0.2, 0.25) is 0 Å². The maximum Gasteiger partial charge on any atom is 0.331 e. The van der Waals surface area contributed by atoms with Crippen LogP contribution in [-0.2, 0) is 10.3 Å². The first-order valence-corrected chi connectivity index (χ1v) is 7.62. The van der Waals surface area contributed by atoms with E-state index in [0.717, 1.165) is 11.4 Å². The fraction of sp³-hybridized carbons (Fsp3) is 0.312. The average Bonchev–Trinajstić information content (AvgIpc) is 3.14. The molecule has 0 aliphatic carbocycles. The number of anilines is 1. The van der Waals surface area contributed by atoms with Crippen molar-refractivity contribution in [2.24, 2.45) is 0 Å². The molecule has 2 N–H and O–H groups in total. The van der Waals surface area contributed by atoms with E-state index in [9.17, 15) is 14.7 Å². The standard InChI is InChI=1S/C16H18N6O3/c1-9-5-10(2)22-13(19-9)12(7-18-22)14(23)20-11-6-17-21(8-11)16(3,4)15(24)25/h5-8H,1-4H3,(H,20,23)(H,24,25). The molecule has 0 bridgehead atoms. The van der Waals surface area contributed by atoms with Crippen LogP contribution < -0.4 is 5.32 Å². The molecule has 3 aromatic rings. The average molecular weight is 342 g/mol. The van der Waals surface area contributed by atoms with E-state index in [0.29, 0.717) is 16.9 Å². The summed E-state index contributed by atoms with van der Waals surface area (Å²) in [5, 5.41) is 20.1. The Hall–Kier alpha value is -3.23. The Balaban J connectivity index is 1.89. The summed E-state index contributed by atoms with van der Waals surface area (Å²) >= 11 is 0. The third-order valence-corrected chi connectivity index (χ3v) is 3.96. The van der Waals surface area contributed by atoms with Gasteiger partial charge in [0.2, 0.25) is 0 Å². The summed E-state index contributed by atoms with van der Waals surface area (Å²) in [5.74, 6) is -1.41. The number of aromatic nitrogens is 5. The molecule has 0 spiro atoms. The summed E-state index contributed by atoms with van der Waals surface area (Å²) in [6.45, 7) is 6.78. The third-order valence-electron chi connectivity index (χ3n) is 3.96. The minimum Gasteiger partial charge on any atom is -0.479 e. The molecule has 9 heteroatoms.